The maximum Gasteiger partial charge on any atom is 0.313 e. The van der Waals surface area contributed by atoms with Crippen molar-refractivity contribution in [2.24, 2.45) is 5.92 Å². The van der Waals surface area contributed by atoms with E-state index in [1.807, 2.05) is 20.8 Å². The molecule has 0 unspecified atom stereocenters. The van der Waals surface area contributed by atoms with Gasteiger partial charge in [0.2, 0.25) is 0 Å². The highest BCUT2D eigenvalue weighted by Gasteiger charge is 2.11. The molecule has 0 fully saturated rings. The number of rotatable bonds is 8. The van der Waals surface area contributed by atoms with Crippen LogP contribution in [-0.4, -0.2) is 23.9 Å². The van der Waals surface area contributed by atoms with Crippen LogP contribution in [0.15, 0.2) is 0 Å². The third-order valence-corrected chi connectivity index (χ3v) is 2.50. The summed E-state index contributed by atoms with van der Waals surface area (Å²) in [4.78, 5) is 42.6. The van der Waals surface area contributed by atoms with E-state index in [-0.39, 0.29) is 11.9 Å². The Morgan fingerprint density at radius 2 is 1.35 bits per heavy atom. The first-order valence-electron chi connectivity index (χ1n) is 8.17. The molecule has 0 heterocycles. The minimum absolute atomic E-state index is 0.242. The Labute approximate surface area is 138 Å². The fourth-order valence-electron chi connectivity index (χ4n) is 1.49. The second-order valence-electron chi connectivity index (χ2n) is 5.62. The molecule has 0 aromatic heterocycles. The lowest BCUT2D eigenvalue weighted by atomic mass is 10.1. The number of unbranched alkanes of at least 4 members (excludes halogenated alkanes) is 2. The van der Waals surface area contributed by atoms with E-state index in [0.29, 0.717) is 25.7 Å². The summed E-state index contributed by atoms with van der Waals surface area (Å²) in [6.45, 7) is 8.97. The maximum atomic E-state index is 11.1. The fraction of sp³-hybridized carbons (Fsp3) is 0.765. The zero-order valence-corrected chi connectivity index (χ0v) is 15.0. The third-order valence-electron chi connectivity index (χ3n) is 2.50. The predicted octanol–water partition coefficient (Wildman–Crippen LogP) is 3.56. The Hall–Kier alpha value is -1.72. The molecule has 0 spiro atoms. The zero-order valence-electron chi connectivity index (χ0n) is 15.0. The van der Waals surface area contributed by atoms with Gasteiger partial charge < -0.3 is 9.47 Å². The van der Waals surface area contributed by atoms with Crippen LogP contribution >= 0.6 is 0 Å². The smallest absolute Gasteiger partial charge is 0.313 e. The van der Waals surface area contributed by atoms with Crippen LogP contribution in [0.2, 0.25) is 0 Å². The molecule has 0 saturated carbocycles. The van der Waals surface area contributed by atoms with Crippen LogP contribution < -0.4 is 0 Å². The fourth-order valence-corrected chi connectivity index (χ4v) is 1.49. The van der Waals surface area contributed by atoms with Crippen LogP contribution in [0.3, 0.4) is 0 Å². The van der Waals surface area contributed by atoms with Crippen LogP contribution in [-0.2, 0) is 28.7 Å². The van der Waals surface area contributed by atoms with Gasteiger partial charge in [-0.1, -0.05) is 40.5 Å². The summed E-state index contributed by atoms with van der Waals surface area (Å²) >= 11 is 0. The molecule has 23 heavy (non-hydrogen) atoms. The highest BCUT2D eigenvalue weighted by atomic mass is 16.6. The van der Waals surface area contributed by atoms with Gasteiger partial charge in [-0.2, -0.15) is 0 Å². The van der Waals surface area contributed by atoms with E-state index in [1.165, 1.54) is 6.92 Å². The van der Waals surface area contributed by atoms with Gasteiger partial charge in [-0.05, 0) is 18.8 Å². The van der Waals surface area contributed by atoms with Gasteiger partial charge in [0.05, 0.1) is 0 Å². The monoisotopic (exact) mass is 330 g/mol. The van der Waals surface area contributed by atoms with Crippen molar-refractivity contribution >= 4 is 23.9 Å². The van der Waals surface area contributed by atoms with E-state index >= 15 is 0 Å². The minimum atomic E-state index is -0.534. The molecule has 0 aromatic rings. The molecule has 0 aliphatic carbocycles. The van der Waals surface area contributed by atoms with Gasteiger partial charge in [0.15, 0.2) is 0 Å². The molecule has 0 aromatic carbocycles. The summed E-state index contributed by atoms with van der Waals surface area (Å²) in [6, 6.07) is 0. The van der Waals surface area contributed by atoms with Crippen molar-refractivity contribution in [2.75, 3.05) is 0 Å². The standard InChI is InChI=1S/C11H20O3.C6H10O3/c1-4-5-6-7-10(12)14-11(13)8-9(2)3;1-3-4-6(8)9-5(2)7/h9H,4-8H2,1-3H3;3-4H2,1-2H3. The van der Waals surface area contributed by atoms with Crippen LogP contribution in [0.4, 0.5) is 0 Å². The van der Waals surface area contributed by atoms with Gasteiger partial charge in [-0.3, -0.25) is 19.2 Å². The molecule has 0 bridgehead atoms. The topological polar surface area (TPSA) is 86.7 Å². The van der Waals surface area contributed by atoms with Crippen LogP contribution in [0, 0.1) is 5.92 Å². The first-order chi connectivity index (χ1) is 10.7. The number of carbonyl (C=O) groups is 4. The van der Waals surface area contributed by atoms with E-state index < -0.39 is 17.9 Å². The number of esters is 4. The number of carbonyl (C=O) groups excluding carboxylic acids is 4. The van der Waals surface area contributed by atoms with Gasteiger partial charge in [0.1, 0.15) is 0 Å². The molecular weight excluding hydrogens is 300 g/mol. The van der Waals surface area contributed by atoms with Crippen LogP contribution in [0.1, 0.15) is 79.6 Å². The molecule has 134 valence electrons. The Kier molecular flexibility index (Phi) is 15.5. The van der Waals surface area contributed by atoms with Gasteiger partial charge in [-0.15, -0.1) is 0 Å². The van der Waals surface area contributed by atoms with Gasteiger partial charge in [0, 0.05) is 26.2 Å². The normalized spacial score (nSPS) is 9.65. The van der Waals surface area contributed by atoms with E-state index in [2.05, 4.69) is 16.4 Å². The lowest BCUT2D eigenvalue weighted by Gasteiger charge is -2.04. The molecule has 0 amide bonds. The molecule has 0 N–H and O–H groups in total. The predicted molar refractivity (Wildman–Crippen MR) is 86.4 cm³/mol. The second kappa shape index (κ2) is 15.2. The minimum Gasteiger partial charge on any atom is -0.393 e. The summed E-state index contributed by atoms with van der Waals surface area (Å²) in [6.07, 6.45) is 4.59. The molecule has 6 heteroatoms. The Morgan fingerprint density at radius 1 is 0.783 bits per heavy atom. The lowest BCUT2D eigenvalue weighted by molar-refractivity contribution is -0.161. The number of hydrogen-bond donors (Lipinski definition) is 0. The number of hydrogen-bond acceptors (Lipinski definition) is 6. The molecule has 0 radical (unpaired) electrons. The Bertz CT molecular complexity index is 373. The second-order valence-corrected chi connectivity index (χ2v) is 5.62. The summed E-state index contributed by atoms with van der Waals surface area (Å²) in [7, 11) is 0. The van der Waals surface area contributed by atoms with Crippen LogP contribution in [0.25, 0.3) is 0 Å². The zero-order chi connectivity index (χ0) is 18.3. The van der Waals surface area contributed by atoms with E-state index in [0.717, 1.165) is 19.3 Å². The molecule has 0 aliphatic rings. The highest BCUT2D eigenvalue weighted by Crippen LogP contribution is 2.04. The SMILES string of the molecule is CCCC(=O)OC(C)=O.CCCCCC(=O)OC(=O)CC(C)C. The summed E-state index contributed by atoms with van der Waals surface area (Å²) in [5.41, 5.74) is 0. The molecule has 0 atom stereocenters. The molecule has 0 aliphatic heterocycles. The average Bonchev–Trinajstić information content (AvgIpc) is 2.37. The van der Waals surface area contributed by atoms with Gasteiger partial charge in [-0.25, -0.2) is 0 Å². The van der Waals surface area contributed by atoms with Crippen molar-refractivity contribution in [1.29, 1.82) is 0 Å². The Balaban J connectivity index is 0. The van der Waals surface area contributed by atoms with E-state index in [4.69, 9.17) is 0 Å². The first kappa shape index (κ1) is 23.5. The largest absolute Gasteiger partial charge is 0.393 e. The molecule has 0 saturated heterocycles. The maximum absolute atomic E-state index is 11.1. The van der Waals surface area contributed by atoms with E-state index in [9.17, 15) is 19.2 Å². The molecule has 0 rings (SSSR count). The summed E-state index contributed by atoms with van der Waals surface area (Å²) in [5, 5.41) is 0. The lowest BCUT2D eigenvalue weighted by Crippen LogP contribution is -2.13. The van der Waals surface area contributed by atoms with Crippen molar-refractivity contribution in [1.82, 2.24) is 0 Å². The quantitative estimate of drug-likeness (QED) is 0.384. The third kappa shape index (κ3) is 20.3. The Morgan fingerprint density at radius 3 is 1.78 bits per heavy atom. The van der Waals surface area contributed by atoms with Crippen molar-refractivity contribution in [3.63, 3.8) is 0 Å². The average molecular weight is 330 g/mol. The van der Waals surface area contributed by atoms with E-state index in [1.54, 1.807) is 0 Å². The van der Waals surface area contributed by atoms with Crippen molar-refractivity contribution in [3.8, 4) is 0 Å². The van der Waals surface area contributed by atoms with Gasteiger partial charge in [0.25, 0.3) is 0 Å². The van der Waals surface area contributed by atoms with Crippen molar-refractivity contribution in [3.05, 3.63) is 0 Å². The molecule has 6 nitrogen and oxygen atoms in total. The first-order valence-corrected chi connectivity index (χ1v) is 8.17. The van der Waals surface area contributed by atoms with Gasteiger partial charge >= 0.3 is 23.9 Å². The van der Waals surface area contributed by atoms with Crippen LogP contribution in [0.5, 0.6) is 0 Å². The van der Waals surface area contributed by atoms with Crippen molar-refractivity contribution in [2.45, 2.75) is 79.6 Å². The summed E-state index contributed by atoms with van der Waals surface area (Å²) in [5.74, 6) is -1.52. The molecular formula is C17H30O6. The summed E-state index contributed by atoms with van der Waals surface area (Å²) < 4.78 is 8.84. The van der Waals surface area contributed by atoms with Crippen molar-refractivity contribution < 1.29 is 28.7 Å². The number of ether oxygens (including phenoxy) is 2. The highest BCUT2D eigenvalue weighted by molar-refractivity contribution is 5.85.